The first-order valence-electron chi connectivity index (χ1n) is 5.68. The van der Waals surface area contributed by atoms with Crippen LogP contribution >= 0.6 is 0 Å². The molecule has 0 aromatic carbocycles. The second-order valence-corrected chi connectivity index (χ2v) is 4.32. The highest BCUT2D eigenvalue weighted by molar-refractivity contribution is 5.87. The van der Waals surface area contributed by atoms with Crippen molar-refractivity contribution >= 4 is 5.91 Å². The summed E-state index contributed by atoms with van der Waals surface area (Å²) in [5, 5.41) is 3.02. The largest absolute Gasteiger partial charge is 0.381 e. The van der Waals surface area contributed by atoms with E-state index in [1.54, 1.807) is 19.3 Å². The molecule has 0 atom stereocenters. The van der Waals surface area contributed by atoms with Crippen LogP contribution in [-0.4, -0.2) is 25.7 Å². The Balaban J connectivity index is 2.20. The molecule has 1 fully saturated rings. The van der Waals surface area contributed by atoms with E-state index in [2.05, 4.69) is 12.2 Å². The van der Waals surface area contributed by atoms with Gasteiger partial charge in [0.1, 0.15) is 0 Å². The molecule has 0 bridgehead atoms. The Morgan fingerprint density at radius 3 is 2.67 bits per heavy atom. The Kier molecular flexibility index (Phi) is 5.40. The monoisotopic (exact) mass is 211 g/mol. The summed E-state index contributed by atoms with van der Waals surface area (Å²) in [4.78, 5) is 11.4. The zero-order valence-corrected chi connectivity index (χ0v) is 9.66. The van der Waals surface area contributed by atoms with Gasteiger partial charge < -0.3 is 10.1 Å². The molecule has 1 aliphatic carbocycles. The molecular formula is C12H21NO2. The zero-order chi connectivity index (χ0) is 11.1. The molecule has 0 unspecified atom stereocenters. The first-order valence-corrected chi connectivity index (χ1v) is 5.68. The molecule has 0 heterocycles. The van der Waals surface area contributed by atoms with E-state index < -0.39 is 0 Å². The minimum atomic E-state index is 0.00611. The number of methoxy groups -OCH3 is 1. The number of rotatable bonds is 4. The summed E-state index contributed by atoms with van der Waals surface area (Å²) in [6.45, 7) is 2.77. The molecule has 3 heteroatoms. The fourth-order valence-corrected chi connectivity index (χ4v) is 1.91. The molecule has 0 aromatic rings. The molecular weight excluding hydrogens is 190 g/mol. The van der Waals surface area contributed by atoms with Crippen molar-refractivity contribution in [3.63, 3.8) is 0 Å². The predicted octanol–water partition coefficient (Wildman–Crippen LogP) is 1.88. The van der Waals surface area contributed by atoms with Gasteiger partial charge in [0.15, 0.2) is 0 Å². The lowest BCUT2D eigenvalue weighted by Gasteiger charge is -2.26. The third-order valence-corrected chi connectivity index (χ3v) is 2.89. The quantitative estimate of drug-likeness (QED) is 0.721. The molecule has 0 aliphatic heterocycles. The number of nitrogens with one attached hydrogen (secondary N) is 1. The summed E-state index contributed by atoms with van der Waals surface area (Å²) in [6, 6.07) is 0.376. The maximum absolute atomic E-state index is 11.4. The van der Waals surface area contributed by atoms with E-state index >= 15 is 0 Å². The van der Waals surface area contributed by atoms with Gasteiger partial charge >= 0.3 is 0 Å². The SMILES string of the molecule is COC/C=C/C(=O)NC1CCC(C)CC1. The van der Waals surface area contributed by atoms with Gasteiger partial charge in [-0.2, -0.15) is 0 Å². The number of hydrogen-bond donors (Lipinski definition) is 1. The normalized spacial score (nSPS) is 26.8. The Morgan fingerprint density at radius 2 is 2.07 bits per heavy atom. The highest BCUT2D eigenvalue weighted by Gasteiger charge is 2.18. The molecule has 86 valence electrons. The summed E-state index contributed by atoms with van der Waals surface area (Å²) >= 11 is 0. The van der Waals surface area contributed by atoms with Gasteiger partial charge in [0.2, 0.25) is 5.91 Å². The van der Waals surface area contributed by atoms with Crippen LogP contribution < -0.4 is 5.32 Å². The topological polar surface area (TPSA) is 38.3 Å². The van der Waals surface area contributed by atoms with Crippen LogP contribution in [0.25, 0.3) is 0 Å². The molecule has 1 amide bonds. The van der Waals surface area contributed by atoms with E-state index in [1.807, 2.05) is 0 Å². The van der Waals surface area contributed by atoms with Crippen molar-refractivity contribution in [2.24, 2.45) is 5.92 Å². The van der Waals surface area contributed by atoms with Gasteiger partial charge in [0.05, 0.1) is 6.61 Å². The summed E-state index contributed by atoms with van der Waals surface area (Å²) in [5.74, 6) is 0.828. The third kappa shape index (κ3) is 4.98. The fraction of sp³-hybridized carbons (Fsp3) is 0.750. The first kappa shape index (κ1) is 12.2. The minimum absolute atomic E-state index is 0.00611. The van der Waals surface area contributed by atoms with Crippen molar-refractivity contribution in [3.05, 3.63) is 12.2 Å². The van der Waals surface area contributed by atoms with Crippen molar-refractivity contribution in [2.75, 3.05) is 13.7 Å². The van der Waals surface area contributed by atoms with E-state index in [-0.39, 0.29) is 5.91 Å². The molecule has 1 rings (SSSR count). The molecule has 0 saturated heterocycles. The molecule has 15 heavy (non-hydrogen) atoms. The standard InChI is InChI=1S/C12H21NO2/c1-10-5-7-11(8-6-10)13-12(14)4-3-9-15-2/h3-4,10-11H,5-9H2,1-2H3,(H,13,14)/b4-3+. The Morgan fingerprint density at radius 1 is 1.40 bits per heavy atom. The van der Waals surface area contributed by atoms with E-state index in [1.165, 1.54) is 12.8 Å². The number of amides is 1. The summed E-state index contributed by atoms with van der Waals surface area (Å²) < 4.78 is 4.83. The van der Waals surface area contributed by atoms with Gasteiger partial charge in [-0.3, -0.25) is 4.79 Å². The van der Waals surface area contributed by atoms with E-state index in [0.717, 1.165) is 18.8 Å². The Labute approximate surface area is 91.9 Å². The van der Waals surface area contributed by atoms with Crippen molar-refractivity contribution in [1.82, 2.24) is 5.32 Å². The van der Waals surface area contributed by atoms with Gasteiger partial charge in [0, 0.05) is 19.2 Å². The second-order valence-electron chi connectivity index (χ2n) is 4.32. The molecule has 0 aromatic heterocycles. The van der Waals surface area contributed by atoms with Gasteiger partial charge in [-0.1, -0.05) is 13.0 Å². The summed E-state index contributed by atoms with van der Waals surface area (Å²) in [6.07, 6.45) is 7.98. The summed E-state index contributed by atoms with van der Waals surface area (Å²) in [5.41, 5.74) is 0. The molecule has 0 radical (unpaired) electrons. The van der Waals surface area contributed by atoms with E-state index in [4.69, 9.17) is 4.74 Å². The highest BCUT2D eigenvalue weighted by Crippen LogP contribution is 2.23. The second kappa shape index (κ2) is 6.62. The van der Waals surface area contributed by atoms with Crippen molar-refractivity contribution in [2.45, 2.75) is 38.6 Å². The fourth-order valence-electron chi connectivity index (χ4n) is 1.91. The van der Waals surface area contributed by atoms with Crippen LogP contribution in [0.15, 0.2) is 12.2 Å². The van der Waals surface area contributed by atoms with Crippen molar-refractivity contribution < 1.29 is 9.53 Å². The Bertz CT molecular complexity index is 218. The third-order valence-electron chi connectivity index (χ3n) is 2.89. The molecule has 0 spiro atoms. The van der Waals surface area contributed by atoms with Crippen LogP contribution in [0.3, 0.4) is 0 Å². The van der Waals surface area contributed by atoms with Gasteiger partial charge in [-0.05, 0) is 31.6 Å². The lowest BCUT2D eigenvalue weighted by atomic mass is 9.87. The van der Waals surface area contributed by atoms with E-state index in [0.29, 0.717) is 12.6 Å². The van der Waals surface area contributed by atoms with Crippen molar-refractivity contribution in [1.29, 1.82) is 0 Å². The zero-order valence-electron chi connectivity index (χ0n) is 9.66. The lowest BCUT2D eigenvalue weighted by molar-refractivity contribution is -0.117. The van der Waals surface area contributed by atoms with Crippen molar-refractivity contribution in [3.8, 4) is 0 Å². The lowest BCUT2D eigenvalue weighted by Crippen LogP contribution is -2.36. The number of carbonyl (C=O) groups is 1. The predicted molar refractivity (Wildman–Crippen MR) is 60.6 cm³/mol. The molecule has 1 saturated carbocycles. The molecule has 1 N–H and O–H groups in total. The minimum Gasteiger partial charge on any atom is -0.381 e. The number of ether oxygens (including phenoxy) is 1. The highest BCUT2D eigenvalue weighted by atomic mass is 16.5. The smallest absolute Gasteiger partial charge is 0.243 e. The maximum atomic E-state index is 11.4. The van der Waals surface area contributed by atoms with Crippen LogP contribution in [0.2, 0.25) is 0 Å². The van der Waals surface area contributed by atoms with E-state index in [9.17, 15) is 4.79 Å². The van der Waals surface area contributed by atoms with Gasteiger partial charge in [-0.25, -0.2) is 0 Å². The maximum Gasteiger partial charge on any atom is 0.243 e. The molecule has 1 aliphatic rings. The number of carbonyl (C=O) groups excluding carboxylic acids is 1. The van der Waals surface area contributed by atoms with Crippen LogP contribution in [-0.2, 0) is 9.53 Å². The van der Waals surface area contributed by atoms with Crippen LogP contribution in [0.5, 0.6) is 0 Å². The summed E-state index contributed by atoms with van der Waals surface area (Å²) in [7, 11) is 1.62. The average molecular weight is 211 g/mol. The average Bonchev–Trinajstić information content (AvgIpc) is 2.22. The van der Waals surface area contributed by atoms with Crippen LogP contribution in [0.1, 0.15) is 32.6 Å². The number of hydrogen-bond acceptors (Lipinski definition) is 2. The van der Waals surface area contributed by atoms with Crippen LogP contribution in [0, 0.1) is 5.92 Å². The Hall–Kier alpha value is -0.830. The van der Waals surface area contributed by atoms with Gasteiger partial charge in [-0.15, -0.1) is 0 Å². The molecule has 3 nitrogen and oxygen atoms in total. The van der Waals surface area contributed by atoms with Crippen LogP contribution in [0.4, 0.5) is 0 Å². The first-order chi connectivity index (χ1) is 7.22. The van der Waals surface area contributed by atoms with Gasteiger partial charge in [0.25, 0.3) is 0 Å².